The van der Waals surface area contributed by atoms with Gasteiger partial charge in [-0.3, -0.25) is 14.4 Å². The van der Waals surface area contributed by atoms with Crippen LogP contribution < -0.4 is 25.5 Å². The Morgan fingerprint density at radius 2 is 1.78 bits per heavy atom. The molecule has 0 radical (unpaired) electrons. The van der Waals surface area contributed by atoms with Crippen LogP contribution in [-0.4, -0.2) is 37.7 Å². The van der Waals surface area contributed by atoms with Crippen molar-refractivity contribution in [3.63, 3.8) is 0 Å². The molecule has 0 saturated carbocycles. The molecule has 0 atom stereocenters. The molecule has 0 spiro atoms. The van der Waals surface area contributed by atoms with Gasteiger partial charge in [0.05, 0.1) is 27.6 Å². The maximum atomic E-state index is 12.3. The van der Waals surface area contributed by atoms with Crippen LogP contribution in [0.2, 0.25) is 10.0 Å². The average molecular weight is 641 g/mol. The van der Waals surface area contributed by atoms with E-state index in [0.717, 1.165) is 0 Å². The predicted molar refractivity (Wildman–Crippen MR) is 147 cm³/mol. The summed E-state index contributed by atoms with van der Waals surface area (Å²) >= 11 is 13.9. The fraction of sp³-hybridized carbons (Fsp3) is 0.0833. The number of rotatable bonds is 8. The number of nitrogens with zero attached hydrogens (tertiary/aromatic N) is 1. The Hall–Kier alpha value is -3.35. The highest BCUT2D eigenvalue weighted by Gasteiger charge is 2.15. The van der Waals surface area contributed by atoms with Crippen molar-refractivity contribution < 1.29 is 23.9 Å². The molecule has 9 nitrogen and oxygen atoms in total. The smallest absolute Gasteiger partial charge is 0.329 e. The topological polar surface area (TPSA) is 118 Å². The van der Waals surface area contributed by atoms with Crippen LogP contribution in [0.3, 0.4) is 0 Å². The van der Waals surface area contributed by atoms with Crippen LogP contribution in [0.4, 0.5) is 11.4 Å². The maximum Gasteiger partial charge on any atom is 0.329 e. The summed E-state index contributed by atoms with van der Waals surface area (Å²) in [7, 11) is 1.45. The minimum absolute atomic E-state index is 0.275. The summed E-state index contributed by atoms with van der Waals surface area (Å²) in [6, 6.07) is 16.5. The number of para-hydroxylation sites is 1. The van der Waals surface area contributed by atoms with Crippen molar-refractivity contribution >= 4 is 81.1 Å². The van der Waals surface area contributed by atoms with Crippen molar-refractivity contribution in [1.82, 2.24) is 5.43 Å². The minimum Gasteiger partial charge on any atom is -0.493 e. The van der Waals surface area contributed by atoms with Gasteiger partial charge in [-0.1, -0.05) is 41.4 Å². The molecule has 3 rings (SSSR count). The highest BCUT2D eigenvalue weighted by Crippen LogP contribution is 2.33. The molecule has 0 unspecified atom stereocenters. The Balaban J connectivity index is 1.59. The number of carbonyl (C=O) groups is 3. The Morgan fingerprint density at radius 1 is 1.00 bits per heavy atom. The van der Waals surface area contributed by atoms with Gasteiger partial charge in [0, 0.05) is 10.7 Å². The third kappa shape index (κ3) is 7.83. The summed E-state index contributed by atoms with van der Waals surface area (Å²) in [4.78, 5) is 36.3. The molecule has 0 aliphatic carbocycles. The molecule has 3 aromatic carbocycles. The van der Waals surface area contributed by atoms with E-state index in [-0.39, 0.29) is 6.61 Å². The molecular formula is C24H19Cl2IN4O5. The van der Waals surface area contributed by atoms with Crippen molar-refractivity contribution in [3.8, 4) is 11.5 Å². The van der Waals surface area contributed by atoms with Gasteiger partial charge in [0.25, 0.3) is 5.91 Å². The number of ether oxygens (including phenoxy) is 2. The Morgan fingerprint density at radius 3 is 2.50 bits per heavy atom. The van der Waals surface area contributed by atoms with Crippen molar-refractivity contribution in [3.05, 3.63) is 79.8 Å². The third-order valence-electron chi connectivity index (χ3n) is 4.42. The van der Waals surface area contributed by atoms with Crippen LogP contribution in [-0.2, 0) is 14.4 Å². The molecule has 0 aliphatic rings. The fourth-order valence-electron chi connectivity index (χ4n) is 2.81. The normalized spacial score (nSPS) is 10.6. The monoisotopic (exact) mass is 640 g/mol. The lowest BCUT2D eigenvalue weighted by Crippen LogP contribution is -2.32. The molecule has 0 aliphatic heterocycles. The van der Waals surface area contributed by atoms with E-state index >= 15 is 0 Å². The zero-order chi connectivity index (χ0) is 26.1. The number of halogens is 3. The Kier molecular flexibility index (Phi) is 9.91. The zero-order valence-electron chi connectivity index (χ0n) is 18.7. The van der Waals surface area contributed by atoms with Crippen molar-refractivity contribution in [2.45, 2.75) is 0 Å². The first-order valence-corrected chi connectivity index (χ1v) is 12.0. The number of carbonyl (C=O) groups excluding carboxylic acids is 3. The van der Waals surface area contributed by atoms with Gasteiger partial charge in [0.1, 0.15) is 0 Å². The van der Waals surface area contributed by atoms with Crippen LogP contribution in [0.25, 0.3) is 0 Å². The molecule has 12 heteroatoms. The Bertz CT molecular complexity index is 1320. The lowest BCUT2D eigenvalue weighted by molar-refractivity contribution is -0.136. The van der Waals surface area contributed by atoms with E-state index in [2.05, 4.69) is 21.2 Å². The van der Waals surface area contributed by atoms with Gasteiger partial charge in [0.15, 0.2) is 18.1 Å². The number of amides is 3. The summed E-state index contributed by atoms with van der Waals surface area (Å²) in [6.45, 7) is -0.275. The summed E-state index contributed by atoms with van der Waals surface area (Å²) in [5, 5.41) is 9.74. The van der Waals surface area contributed by atoms with E-state index in [1.165, 1.54) is 19.4 Å². The van der Waals surface area contributed by atoms with E-state index in [9.17, 15) is 14.4 Å². The van der Waals surface area contributed by atoms with Gasteiger partial charge >= 0.3 is 11.8 Å². The third-order valence-corrected chi connectivity index (χ3v) is 5.78. The first-order valence-electron chi connectivity index (χ1n) is 10.2. The molecule has 0 fully saturated rings. The van der Waals surface area contributed by atoms with Gasteiger partial charge in [-0.15, -0.1) is 0 Å². The highest BCUT2D eigenvalue weighted by atomic mass is 127. The van der Waals surface area contributed by atoms with Gasteiger partial charge in [-0.25, -0.2) is 5.43 Å². The van der Waals surface area contributed by atoms with Crippen molar-refractivity contribution in [1.29, 1.82) is 0 Å². The van der Waals surface area contributed by atoms with Crippen LogP contribution in [0, 0.1) is 3.57 Å². The maximum absolute atomic E-state index is 12.3. The van der Waals surface area contributed by atoms with Gasteiger partial charge in [-0.05, 0) is 70.6 Å². The second-order valence-corrected chi connectivity index (χ2v) is 9.02. The standard InChI is InChI=1S/C24H19Cl2IN4O5/c1-35-20-10-14(12-28-31-24(34)23(33)29-16-6-4-5-15(25)11-16)9-18(27)22(20)36-13-21(32)30-19-8-3-2-7-17(19)26/h2-12H,13H2,1H3,(H,29,33)(H,30,32)(H,31,34)/b28-12-. The van der Waals surface area contributed by atoms with E-state index in [0.29, 0.717) is 42.1 Å². The molecule has 3 aromatic rings. The van der Waals surface area contributed by atoms with Gasteiger partial charge in [0.2, 0.25) is 0 Å². The number of benzene rings is 3. The first-order chi connectivity index (χ1) is 17.3. The summed E-state index contributed by atoms with van der Waals surface area (Å²) in [5.74, 6) is -1.56. The second kappa shape index (κ2) is 13.1. The van der Waals surface area contributed by atoms with Gasteiger partial charge < -0.3 is 20.1 Å². The molecule has 186 valence electrons. The van der Waals surface area contributed by atoms with E-state index < -0.39 is 17.7 Å². The average Bonchev–Trinajstić information content (AvgIpc) is 2.84. The lowest BCUT2D eigenvalue weighted by Gasteiger charge is -2.14. The first kappa shape index (κ1) is 27.2. The quantitative estimate of drug-likeness (QED) is 0.143. The molecule has 0 heterocycles. The molecule has 0 bridgehead atoms. The largest absolute Gasteiger partial charge is 0.493 e. The number of anilines is 2. The number of hydrogen-bond donors (Lipinski definition) is 3. The summed E-state index contributed by atoms with van der Waals surface area (Å²) in [6.07, 6.45) is 1.34. The highest BCUT2D eigenvalue weighted by molar-refractivity contribution is 14.1. The lowest BCUT2D eigenvalue weighted by atomic mass is 10.2. The van der Waals surface area contributed by atoms with Gasteiger partial charge in [-0.2, -0.15) is 5.10 Å². The van der Waals surface area contributed by atoms with Crippen LogP contribution in [0.15, 0.2) is 65.8 Å². The van der Waals surface area contributed by atoms with Crippen LogP contribution in [0.5, 0.6) is 11.5 Å². The van der Waals surface area contributed by atoms with E-state index in [4.69, 9.17) is 32.7 Å². The summed E-state index contributed by atoms with van der Waals surface area (Å²) in [5.41, 5.74) is 3.56. The van der Waals surface area contributed by atoms with Crippen molar-refractivity contribution in [2.24, 2.45) is 5.10 Å². The Labute approximate surface area is 230 Å². The molecule has 3 amide bonds. The zero-order valence-corrected chi connectivity index (χ0v) is 22.3. The number of nitrogens with one attached hydrogen (secondary N) is 3. The molecular weight excluding hydrogens is 622 g/mol. The molecule has 36 heavy (non-hydrogen) atoms. The fourth-order valence-corrected chi connectivity index (χ4v) is 3.97. The molecule has 0 saturated heterocycles. The van der Waals surface area contributed by atoms with E-state index in [1.807, 2.05) is 22.6 Å². The predicted octanol–water partition coefficient (Wildman–Crippen LogP) is 4.71. The van der Waals surface area contributed by atoms with E-state index in [1.54, 1.807) is 54.6 Å². The molecule has 0 aromatic heterocycles. The molecule has 3 N–H and O–H groups in total. The number of hydrazone groups is 1. The van der Waals surface area contributed by atoms with Crippen LogP contribution in [0.1, 0.15) is 5.56 Å². The van der Waals surface area contributed by atoms with Crippen LogP contribution >= 0.6 is 45.8 Å². The summed E-state index contributed by atoms with van der Waals surface area (Å²) < 4.78 is 11.7. The number of hydrogen-bond acceptors (Lipinski definition) is 6. The SMILES string of the molecule is COc1cc(/C=N\NC(=O)C(=O)Nc2cccc(Cl)c2)cc(I)c1OCC(=O)Nc1ccccc1Cl. The minimum atomic E-state index is -0.961. The number of methoxy groups -OCH3 is 1. The second-order valence-electron chi connectivity index (χ2n) is 7.01. The van der Waals surface area contributed by atoms with Crippen molar-refractivity contribution in [2.75, 3.05) is 24.4 Å².